The molecule has 3 heterocycles. The number of carbonyl (C=O) groups is 1. The van der Waals surface area contributed by atoms with Crippen LogP contribution in [0.25, 0.3) is 0 Å². The van der Waals surface area contributed by atoms with Gasteiger partial charge in [0.15, 0.2) is 0 Å². The van der Waals surface area contributed by atoms with E-state index in [4.69, 9.17) is 4.42 Å². The van der Waals surface area contributed by atoms with E-state index >= 15 is 0 Å². The van der Waals surface area contributed by atoms with Crippen LogP contribution in [0.1, 0.15) is 46.3 Å². The highest BCUT2D eigenvalue weighted by Gasteiger charge is 2.29. The molecule has 112 valence electrons. The number of piperidine rings is 1. The smallest absolute Gasteiger partial charge is 0.257 e. The van der Waals surface area contributed by atoms with Crippen LogP contribution in [0.3, 0.4) is 0 Å². The van der Waals surface area contributed by atoms with Gasteiger partial charge in [0, 0.05) is 31.0 Å². The van der Waals surface area contributed by atoms with Gasteiger partial charge in [-0.3, -0.25) is 9.48 Å². The number of nitrogens with zero attached hydrogens (tertiary/aromatic N) is 3. The van der Waals surface area contributed by atoms with Crippen LogP contribution >= 0.6 is 0 Å². The predicted molar refractivity (Wildman–Crippen MR) is 79.3 cm³/mol. The summed E-state index contributed by atoms with van der Waals surface area (Å²) in [6, 6.07) is 2.19. The monoisotopic (exact) mass is 287 g/mol. The Balaban J connectivity index is 1.81. The zero-order valence-electron chi connectivity index (χ0n) is 12.8. The van der Waals surface area contributed by atoms with Gasteiger partial charge < -0.3 is 9.32 Å². The number of aromatic nitrogens is 2. The molecule has 3 rings (SSSR count). The molecule has 0 aromatic carbocycles. The molecule has 1 atom stereocenters. The number of furan rings is 1. The van der Waals surface area contributed by atoms with E-state index in [0.717, 1.165) is 42.0 Å². The van der Waals surface area contributed by atoms with Gasteiger partial charge in [-0.05, 0) is 39.7 Å². The minimum atomic E-state index is 0.0821. The van der Waals surface area contributed by atoms with Crippen molar-refractivity contribution < 1.29 is 9.21 Å². The molecule has 0 radical (unpaired) electrons. The summed E-state index contributed by atoms with van der Waals surface area (Å²) in [4.78, 5) is 14.7. The summed E-state index contributed by atoms with van der Waals surface area (Å²) in [5.41, 5.74) is 1.69. The molecular weight excluding hydrogens is 266 g/mol. The highest BCUT2D eigenvalue weighted by molar-refractivity contribution is 5.97. The van der Waals surface area contributed by atoms with E-state index in [1.54, 1.807) is 6.20 Å². The van der Waals surface area contributed by atoms with Crippen LogP contribution in [0.5, 0.6) is 0 Å². The number of rotatable bonds is 2. The second-order valence-corrected chi connectivity index (χ2v) is 5.75. The van der Waals surface area contributed by atoms with Crippen molar-refractivity contribution in [2.45, 2.75) is 39.7 Å². The van der Waals surface area contributed by atoms with Gasteiger partial charge in [-0.25, -0.2) is 0 Å². The van der Waals surface area contributed by atoms with Gasteiger partial charge in [-0.1, -0.05) is 0 Å². The number of carbonyl (C=O) groups excluding carboxylic acids is 1. The largest absolute Gasteiger partial charge is 0.466 e. The Bertz CT molecular complexity index is 643. The molecule has 1 saturated heterocycles. The molecule has 0 aliphatic carbocycles. The van der Waals surface area contributed by atoms with E-state index in [2.05, 4.69) is 5.10 Å². The van der Waals surface area contributed by atoms with Crippen molar-refractivity contribution in [3.63, 3.8) is 0 Å². The molecule has 5 heteroatoms. The molecule has 1 amide bonds. The van der Waals surface area contributed by atoms with E-state index in [-0.39, 0.29) is 11.9 Å². The van der Waals surface area contributed by atoms with Crippen LogP contribution in [0.15, 0.2) is 22.9 Å². The maximum Gasteiger partial charge on any atom is 0.257 e. The topological polar surface area (TPSA) is 51.3 Å². The Morgan fingerprint density at radius 3 is 2.76 bits per heavy atom. The summed E-state index contributed by atoms with van der Waals surface area (Å²) in [6.45, 7) is 7.24. The highest BCUT2D eigenvalue weighted by atomic mass is 16.3. The number of aryl methyl sites for hydroxylation is 2. The lowest BCUT2D eigenvalue weighted by molar-refractivity contribution is 0.0670. The molecule has 5 nitrogen and oxygen atoms in total. The molecule has 2 aromatic heterocycles. The molecule has 1 aliphatic heterocycles. The van der Waals surface area contributed by atoms with Gasteiger partial charge in [0.2, 0.25) is 0 Å². The van der Waals surface area contributed by atoms with Gasteiger partial charge in [0.1, 0.15) is 11.5 Å². The minimum absolute atomic E-state index is 0.0821. The molecule has 1 aliphatic rings. The van der Waals surface area contributed by atoms with Crippen LogP contribution < -0.4 is 0 Å². The number of hydrogen-bond donors (Lipinski definition) is 0. The standard InChI is InChI=1S/C16H21N3O2/c1-11-12(2)21-13(3)15(11)16(20)18-8-4-6-14(10-18)19-9-5-7-17-19/h5,7,9,14H,4,6,8,10H2,1-3H3/t14-/m1/s1. The first kappa shape index (κ1) is 13.9. The van der Waals surface area contributed by atoms with E-state index in [1.807, 2.05) is 42.6 Å². The third-order valence-corrected chi connectivity index (χ3v) is 4.36. The minimum Gasteiger partial charge on any atom is -0.466 e. The quantitative estimate of drug-likeness (QED) is 0.853. The van der Waals surface area contributed by atoms with Gasteiger partial charge in [0.25, 0.3) is 5.91 Å². The zero-order chi connectivity index (χ0) is 15.0. The second-order valence-electron chi connectivity index (χ2n) is 5.75. The van der Waals surface area contributed by atoms with E-state index in [9.17, 15) is 4.79 Å². The highest BCUT2D eigenvalue weighted by Crippen LogP contribution is 2.26. The molecule has 2 aromatic rings. The molecule has 0 spiro atoms. The summed E-state index contributed by atoms with van der Waals surface area (Å²) >= 11 is 0. The first-order chi connectivity index (χ1) is 10.1. The fraction of sp³-hybridized carbons (Fsp3) is 0.500. The summed E-state index contributed by atoms with van der Waals surface area (Å²) in [5.74, 6) is 1.63. The summed E-state index contributed by atoms with van der Waals surface area (Å²) in [6.07, 6.45) is 5.82. The van der Waals surface area contributed by atoms with Crippen molar-refractivity contribution in [2.24, 2.45) is 0 Å². The van der Waals surface area contributed by atoms with Crippen LogP contribution in [0.4, 0.5) is 0 Å². The predicted octanol–water partition coefficient (Wildman–Crippen LogP) is 2.88. The normalized spacial score (nSPS) is 19.0. The van der Waals surface area contributed by atoms with Crippen molar-refractivity contribution in [1.82, 2.24) is 14.7 Å². The molecular formula is C16H21N3O2. The number of likely N-dealkylation sites (tertiary alicyclic amines) is 1. The van der Waals surface area contributed by atoms with Gasteiger partial charge in [0.05, 0.1) is 11.6 Å². The molecule has 0 bridgehead atoms. The fourth-order valence-corrected chi connectivity index (χ4v) is 3.12. The van der Waals surface area contributed by atoms with E-state index in [0.29, 0.717) is 6.54 Å². The Kier molecular flexibility index (Phi) is 3.57. The molecule has 0 N–H and O–H groups in total. The average molecular weight is 287 g/mol. The molecule has 1 fully saturated rings. The second kappa shape index (κ2) is 5.39. The Hall–Kier alpha value is -2.04. The number of amides is 1. The Morgan fingerprint density at radius 1 is 1.33 bits per heavy atom. The average Bonchev–Trinajstić information content (AvgIpc) is 3.08. The van der Waals surface area contributed by atoms with Gasteiger partial charge in [-0.15, -0.1) is 0 Å². The third kappa shape index (κ3) is 2.48. The van der Waals surface area contributed by atoms with Crippen molar-refractivity contribution in [3.8, 4) is 0 Å². The number of hydrogen-bond acceptors (Lipinski definition) is 3. The third-order valence-electron chi connectivity index (χ3n) is 4.36. The first-order valence-corrected chi connectivity index (χ1v) is 7.43. The molecule has 21 heavy (non-hydrogen) atoms. The lowest BCUT2D eigenvalue weighted by Crippen LogP contribution is -2.41. The van der Waals surface area contributed by atoms with E-state index < -0.39 is 0 Å². The van der Waals surface area contributed by atoms with Crippen molar-refractivity contribution in [2.75, 3.05) is 13.1 Å². The maximum atomic E-state index is 12.8. The lowest BCUT2D eigenvalue weighted by atomic mass is 10.0. The van der Waals surface area contributed by atoms with Crippen molar-refractivity contribution in [1.29, 1.82) is 0 Å². The fourth-order valence-electron chi connectivity index (χ4n) is 3.12. The van der Waals surface area contributed by atoms with E-state index in [1.165, 1.54) is 0 Å². The SMILES string of the molecule is Cc1oc(C)c(C(=O)N2CCC[C@@H](n3cccn3)C2)c1C. The summed E-state index contributed by atoms with van der Waals surface area (Å²) < 4.78 is 7.55. The van der Waals surface area contributed by atoms with Gasteiger partial charge >= 0.3 is 0 Å². The lowest BCUT2D eigenvalue weighted by Gasteiger charge is -2.33. The Labute approximate surface area is 124 Å². The van der Waals surface area contributed by atoms with Gasteiger partial charge in [-0.2, -0.15) is 5.10 Å². The van der Waals surface area contributed by atoms with Crippen molar-refractivity contribution in [3.05, 3.63) is 41.1 Å². The van der Waals surface area contributed by atoms with Crippen LogP contribution in [-0.4, -0.2) is 33.7 Å². The van der Waals surface area contributed by atoms with Crippen molar-refractivity contribution >= 4 is 5.91 Å². The summed E-state index contributed by atoms with van der Waals surface area (Å²) in [5, 5.41) is 4.31. The van der Waals surface area contributed by atoms with Crippen LogP contribution in [0.2, 0.25) is 0 Å². The first-order valence-electron chi connectivity index (χ1n) is 7.43. The zero-order valence-corrected chi connectivity index (χ0v) is 12.8. The maximum absolute atomic E-state index is 12.8. The molecule has 0 saturated carbocycles. The van der Waals surface area contributed by atoms with Crippen LogP contribution in [0, 0.1) is 20.8 Å². The Morgan fingerprint density at radius 2 is 2.14 bits per heavy atom. The van der Waals surface area contributed by atoms with Crippen LogP contribution in [-0.2, 0) is 0 Å². The molecule has 0 unspecified atom stereocenters. The summed E-state index contributed by atoms with van der Waals surface area (Å²) in [7, 11) is 0.